The molecule has 1 aromatic carbocycles. The van der Waals surface area contributed by atoms with Gasteiger partial charge in [0.15, 0.2) is 0 Å². The van der Waals surface area contributed by atoms with E-state index in [1.807, 2.05) is 6.92 Å². The van der Waals surface area contributed by atoms with Gasteiger partial charge in [-0.2, -0.15) is 0 Å². The van der Waals surface area contributed by atoms with Crippen molar-refractivity contribution in [1.29, 1.82) is 0 Å². The molecule has 0 bridgehead atoms. The van der Waals surface area contributed by atoms with E-state index in [1.165, 1.54) is 18.9 Å². The van der Waals surface area contributed by atoms with Gasteiger partial charge < -0.3 is 14.8 Å². The van der Waals surface area contributed by atoms with E-state index in [1.54, 1.807) is 19.2 Å². The fraction of sp³-hybridized carbons (Fsp3) is 0.625. The third-order valence-corrected chi connectivity index (χ3v) is 4.35. The van der Waals surface area contributed by atoms with Crippen LogP contribution in [0.4, 0.5) is 4.39 Å². The van der Waals surface area contributed by atoms with E-state index in [2.05, 4.69) is 5.32 Å². The summed E-state index contributed by atoms with van der Waals surface area (Å²) in [5.41, 5.74) is 0.608. The molecule has 110 valence electrons. The lowest BCUT2D eigenvalue weighted by Crippen LogP contribution is -2.39. The van der Waals surface area contributed by atoms with E-state index < -0.39 is 0 Å². The average Bonchev–Trinajstić information content (AvgIpc) is 3.19. The molecule has 1 heterocycles. The van der Waals surface area contributed by atoms with Crippen molar-refractivity contribution in [3.05, 3.63) is 29.6 Å². The van der Waals surface area contributed by atoms with Crippen LogP contribution in [0.1, 0.15) is 37.8 Å². The van der Waals surface area contributed by atoms with Crippen LogP contribution in [0.15, 0.2) is 18.2 Å². The molecule has 2 aliphatic rings. The van der Waals surface area contributed by atoms with Gasteiger partial charge in [-0.05, 0) is 44.2 Å². The highest BCUT2D eigenvalue weighted by Gasteiger charge is 2.41. The van der Waals surface area contributed by atoms with Crippen LogP contribution in [-0.4, -0.2) is 25.9 Å². The normalized spacial score (nSPS) is 27.6. The van der Waals surface area contributed by atoms with Crippen molar-refractivity contribution in [1.82, 2.24) is 5.32 Å². The van der Waals surface area contributed by atoms with Crippen LogP contribution < -0.4 is 10.1 Å². The Bertz CT molecular complexity index is 476. The Labute approximate surface area is 119 Å². The van der Waals surface area contributed by atoms with Crippen molar-refractivity contribution in [2.45, 2.75) is 44.4 Å². The van der Waals surface area contributed by atoms with Gasteiger partial charge in [0, 0.05) is 24.3 Å². The molecule has 1 aliphatic heterocycles. The van der Waals surface area contributed by atoms with Gasteiger partial charge in [-0.25, -0.2) is 4.39 Å². The minimum atomic E-state index is -0.216. The Morgan fingerprint density at radius 1 is 1.35 bits per heavy atom. The quantitative estimate of drug-likeness (QED) is 0.898. The van der Waals surface area contributed by atoms with Gasteiger partial charge >= 0.3 is 0 Å². The lowest BCUT2D eigenvalue weighted by Gasteiger charge is -2.25. The third-order valence-electron chi connectivity index (χ3n) is 4.35. The third kappa shape index (κ3) is 2.67. The van der Waals surface area contributed by atoms with Gasteiger partial charge in [0.2, 0.25) is 0 Å². The van der Waals surface area contributed by atoms with Crippen LogP contribution in [0, 0.1) is 11.7 Å². The first kappa shape index (κ1) is 13.8. The maximum absolute atomic E-state index is 14.1. The summed E-state index contributed by atoms with van der Waals surface area (Å²) in [5.74, 6) is 1.09. The molecular formula is C16H22FNO2. The van der Waals surface area contributed by atoms with E-state index in [-0.39, 0.29) is 11.9 Å². The summed E-state index contributed by atoms with van der Waals surface area (Å²) < 4.78 is 25.2. The van der Waals surface area contributed by atoms with Gasteiger partial charge in [-0.1, -0.05) is 6.07 Å². The highest BCUT2D eigenvalue weighted by Crippen LogP contribution is 2.39. The zero-order valence-corrected chi connectivity index (χ0v) is 12.1. The van der Waals surface area contributed by atoms with Crippen molar-refractivity contribution in [2.75, 3.05) is 13.7 Å². The van der Waals surface area contributed by atoms with E-state index >= 15 is 0 Å². The minimum Gasteiger partial charge on any atom is -0.496 e. The summed E-state index contributed by atoms with van der Waals surface area (Å²) in [6, 6.07) is 5.20. The Kier molecular flexibility index (Phi) is 3.94. The SMILES string of the molecule is COc1cccc(F)c1C(C)NC1CCOC1C1CC1. The summed E-state index contributed by atoms with van der Waals surface area (Å²) in [4.78, 5) is 0. The zero-order valence-electron chi connectivity index (χ0n) is 12.1. The number of halogens is 1. The monoisotopic (exact) mass is 279 g/mol. The molecule has 0 amide bonds. The maximum Gasteiger partial charge on any atom is 0.131 e. The molecule has 3 nitrogen and oxygen atoms in total. The van der Waals surface area contributed by atoms with Crippen molar-refractivity contribution >= 4 is 0 Å². The number of rotatable bonds is 5. The van der Waals surface area contributed by atoms with Gasteiger partial charge in [0.05, 0.1) is 13.2 Å². The predicted molar refractivity (Wildman–Crippen MR) is 75.4 cm³/mol. The van der Waals surface area contributed by atoms with Gasteiger partial charge in [-0.15, -0.1) is 0 Å². The summed E-state index contributed by atoms with van der Waals surface area (Å²) in [5, 5.41) is 3.54. The van der Waals surface area contributed by atoms with Crippen LogP contribution in [0.3, 0.4) is 0 Å². The first-order valence-electron chi connectivity index (χ1n) is 7.40. The molecule has 0 spiro atoms. The Balaban J connectivity index is 1.74. The highest BCUT2D eigenvalue weighted by molar-refractivity contribution is 5.37. The molecule has 4 heteroatoms. The maximum atomic E-state index is 14.1. The lowest BCUT2D eigenvalue weighted by molar-refractivity contribution is 0.0791. The molecule has 1 aromatic rings. The molecule has 3 rings (SSSR count). The molecule has 3 unspecified atom stereocenters. The molecule has 1 saturated heterocycles. The van der Waals surface area contributed by atoms with Crippen LogP contribution in [0.25, 0.3) is 0 Å². The molecule has 3 atom stereocenters. The molecule has 1 N–H and O–H groups in total. The number of methoxy groups -OCH3 is 1. The van der Waals surface area contributed by atoms with Crippen LogP contribution in [0.5, 0.6) is 5.75 Å². The summed E-state index contributed by atoms with van der Waals surface area (Å²) >= 11 is 0. The smallest absolute Gasteiger partial charge is 0.131 e. The number of nitrogens with one attached hydrogen (secondary N) is 1. The van der Waals surface area contributed by atoms with Gasteiger partial charge in [0.25, 0.3) is 0 Å². The van der Waals surface area contributed by atoms with Gasteiger partial charge in [-0.3, -0.25) is 0 Å². The molecule has 2 fully saturated rings. The summed E-state index contributed by atoms with van der Waals surface area (Å²) in [6.07, 6.45) is 3.83. The summed E-state index contributed by atoms with van der Waals surface area (Å²) in [6.45, 7) is 2.79. The number of hydrogen-bond acceptors (Lipinski definition) is 3. The standard InChI is InChI=1S/C16H22FNO2/c1-10(15-12(17)4-3-5-14(15)19-2)18-13-8-9-20-16(13)11-6-7-11/h3-5,10-11,13,16,18H,6-9H2,1-2H3. The van der Waals surface area contributed by atoms with Crippen LogP contribution >= 0.6 is 0 Å². The number of benzene rings is 1. The fourth-order valence-electron chi connectivity index (χ4n) is 3.20. The zero-order chi connectivity index (χ0) is 14.1. The lowest BCUT2D eigenvalue weighted by atomic mass is 10.0. The van der Waals surface area contributed by atoms with Crippen molar-refractivity contribution in [3.63, 3.8) is 0 Å². The van der Waals surface area contributed by atoms with E-state index in [0.29, 0.717) is 29.4 Å². The van der Waals surface area contributed by atoms with Gasteiger partial charge in [0.1, 0.15) is 11.6 Å². The first-order chi connectivity index (χ1) is 9.70. The van der Waals surface area contributed by atoms with Crippen LogP contribution in [-0.2, 0) is 4.74 Å². The highest BCUT2D eigenvalue weighted by atomic mass is 19.1. The largest absolute Gasteiger partial charge is 0.496 e. The molecule has 0 aromatic heterocycles. The first-order valence-corrected chi connectivity index (χ1v) is 7.40. The molecule has 20 heavy (non-hydrogen) atoms. The topological polar surface area (TPSA) is 30.5 Å². The fourth-order valence-corrected chi connectivity index (χ4v) is 3.20. The molecule has 1 aliphatic carbocycles. The Morgan fingerprint density at radius 3 is 2.85 bits per heavy atom. The second kappa shape index (κ2) is 5.70. The summed E-state index contributed by atoms with van der Waals surface area (Å²) in [7, 11) is 1.58. The Hall–Kier alpha value is -1.13. The average molecular weight is 279 g/mol. The van der Waals surface area contributed by atoms with Crippen molar-refractivity contribution in [2.24, 2.45) is 5.92 Å². The number of ether oxygens (including phenoxy) is 2. The second-order valence-corrected chi connectivity index (χ2v) is 5.81. The Morgan fingerprint density at radius 2 is 2.15 bits per heavy atom. The molecule has 0 radical (unpaired) electrons. The van der Waals surface area contributed by atoms with Crippen molar-refractivity contribution in [3.8, 4) is 5.75 Å². The second-order valence-electron chi connectivity index (χ2n) is 5.81. The van der Waals surface area contributed by atoms with Crippen LogP contribution in [0.2, 0.25) is 0 Å². The number of hydrogen-bond donors (Lipinski definition) is 1. The molecular weight excluding hydrogens is 257 g/mol. The van der Waals surface area contributed by atoms with E-state index in [0.717, 1.165) is 13.0 Å². The van der Waals surface area contributed by atoms with E-state index in [9.17, 15) is 4.39 Å². The molecule has 1 saturated carbocycles. The van der Waals surface area contributed by atoms with Crippen molar-refractivity contribution < 1.29 is 13.9 Å². The van der Waals surface area contributed by atoms with E-state index in [4.69, 9.17) is 9.47 Å². The minimum absolute atomic E-state index is 0.0842. The predicted octanol–water partition coefficient (Wildman–Crippen LogP) is 3.05.